The highest BCUT2D eigenvalue weighted by molar-refractivity contribution is 5.67. The molecule has 1 rings (SSSR count). The van der Waals surface area contributed by atoms with Crippen molar-refractivity contribution in [2.45, 2.75) is 6.92 Å². The summed E-state index contributed by atoms with van der Waals surface area (Å²) >= 11 is 0. The van der Waals surface area contributed by atoms with Crippen LogP contribution in [0.4, 0.5) is 11.4 Å². The zero-order valence-corrected chi connectivity index (χ0v) is 7.26. The van der Waals surface area contributed by atoms with Gasteiger partial charge in [-0.1, -0.05) is 6.07 Å². The van der Waals surface area contributed by atoms with Crippen LogP contribution in [0.5, 0.6) is 0 Å². The second-order valence-electron chi connectivity index (χ2n) is 2.96. The lowest BCUT2D eigenvalue weighted by molar-refractivity contribution is 1.13. The summed E-state index contributed by atoms with van der Waals surface area (Å²) < 4.78 is 0. The molecule has 0 aromatic heterocycles. The van der Waals surface area contributed by atoms with Crippen LogP contribution in [0, 0.1) is 6.92 Å². The van der Waals surface area contributed by atoms with Gasteiger partial charge in [0.15, 0.2) is 0 Å². The van der Waals surface area contributed by atoms with E-state index in [1.165, 1.54) is 5.56 Å². The number of anilines is 2. The van der Waals surface area contributed by atoms with Gasteiger partial charge in [0, 0.05) is 14.1 Å². The number of nitrogens with two attached hydrogens (primary N) is 1. The molecule has 11 heavy (non-hydrogen) atoms. The van der Waals surface area contributed by atoms with E-state index in [1.807, 2.05) is 31.1 Å². The molecule has 2 N–H and O–H groups in total. The average molecular weight is 150 g/mol. The number of aryl methyl sites for hydroxylation is 1. The van der Waals surface area contributed by atoms with Gasteiger partial charge in [0.2, 0.25) is 0 Å². The molecule has 0 heterocycles. The molecule has 0 amide bonds. The van der Waals surface area contributed by atoms with Crippen LogP contribution in [0.3, 0.4) is 0 Å². The minimum Gasteiger partial charge on any atom is -0.397 e. The third-order valence-electron chi connectivity index (χ3n) is 1.67. The number of rotatable bonds is 1. The summed E-state index contributed by atoms with van der Waals surface area (Å²) in [6.45, 7) is 2.06. The van der Waals surface area contributed by atoms with Gasteiger partial charge < -0.3 is 10.6 Å². The molecule has 0 unspecified atom stereocenters. The molecule has 0 atom stereocenters. The van der Waals surface area contributed by atoms with Crippen molar-refractivity contribution in [1.82, 2.24) is 0 Å². The zero-order valence-electron chi connectivity index (χ0n) is 7.26. The minimum atomic E-state index is 0.834. The Morgan fingerprint density at radius 3 is 2.36 bits per heavy atom. The van der Waals surface area contributed by atoms with Crippen molar-refractivity contribution in [3.05, 3.63) is 23.8 Å². The molecule has 0 saturated carbocycles. The van der Waals surface area contributed by atoms with Gasteiger partial charge in [0.1, 0.15) is 0 Å². The fourth-order valence-electron chi connectivity index (χ4n) is 1.04. The lowest BCUT2D eigenvalue weighted by Gasteiger charge is -2.15. The third-order valence-corrected chi connectivity index (χ3v) is 1.67. The Balaban J connectivity index is 3.13. The van der Waals surface area contributed by atoms with Crippen LogP contribution in [0.15, 0.2) is 18.2 Å². The molecule has 2 heteroatoms. The van der Waals surface area contributed by atoms with E-state index in [9.17, 15) is 0 Å². The van der Waals surface area contributed by atoms with Crippen LogP contribution in [0.1, 0.15) is 5.56 Å². The van der Waals surface area contributed by atoms with Crippen molar-refractivity contribution in [1.29, 1.82) is 0 Å². The highest BCUT2D eigenvalue weighted by atomic mass is 15.1. The number of nitrogen functional groups attached to an aromatic ring is 1. The van der Waals surface area contributed by atoms with Gasteiger partial charge in [0.05, 0.1) is 11.4 Å². The monoisotopic (exact) mass is 150 g/mol. The van der Waals surface area contributed by atoms with E-state index in [2.05, 4.69) is 13.0 Å². The van der Waals surface area contributed by atoms with E-state index in [0.29, 0.717) is 0 Å². The molecule has 0 fully saturated rings. The molecule has 1 aromatic carbocycles. The van der Waals surface area contributed by atoms with Gasteiger partial charge in [0.25, 0.3) is 0 Å². The van der Waals surface area contributed by atoms with Crippen LogP contribution in [-0.4, -0.2) is 14.1 Å². The van der Waals surface area contributed by atoms with Crippen molar-refractivity contribution in [2.24, 2.45) is 0 Å². The highest BCUT2D eigenvalue weighted by Crippen LogP contribution is 2.21. The van der Waals surface area contributed by atoms with E-state index in [0.717, 1.165) is 11.4 Å². The van der Waals surface area contributed by atoms with Crippen LogP contribution >= 0.6 is 0 Å². The van der Waals surface area contributed by atoms with E-state index >= 15 is 0 Å². The molecule has 0 radical (unpaired) electrons. The summed E-state index contributed by atoms with van der Waals surface area (Å²) in [5.41, 5.74) is 8.91. The highest BCUT2D eigenvalue weighted by Gasteiger charge is 1.99. The fourth-order valence-corrected chi connectivity index (χ4v) is 1.04. The molecule has 0 spiro atoms. The first-order valence-corrected chi connectivity index (χ1v) is 3.64. The summed E-state index contributed by atoms with van der Waals surface area (Å²) in [5.74, 6) is 0. The number of hydrogen-bond donors (Lipinski definition) is 1. The van der Waals surface area contributed by atoms with Crippen LogP contribution in [0.2, 0.25) is 0 Å². The van der Waals surface area contributed by atoms with E-state index in [4.69, 9.17) is 5.73 Å². The third kappa shape index (κ3) is 1.64. The zero-order chi connectivity index (χ0) is 8.43. The summed E-state index contributed by atoms with van der Waals surface area (Å²) in [6, 6.07) is 6.03. The van der Waals surface area contributed by atoms with Crippen molar-refractivity contribution in [2.75, 3.05) is 24.7 Å². The van der Waals surface area contributed by atoms with E-state index < -0.39 is 0 Å². The van der Waals surface area contributed by atoms with E-state index in [-0.39, 0.29) is 0 Å². The molecule has 0 saturated heterocycles. The summed E-state index contributed by atoms with van der Waals surface area (Å²) in [7, 11) is 3.98. The Hall–Kier alpha value is -1.18. The molecular weight excluding hydrogens is 136 g/mol. The van der Waals surface area contributed by atoms with Crippen molar-refractivity contribution in [3.63, 3.8) is 0 Å². The Bertz CT molecular complexity index is 254. The second-order valence-corrected chi connectivity index (χ2v) is 2.96. The molecule has 60 valence electrons. The lowest BCUT2D eigenvalue weighted by Crippen LogP contribution is -2.11. The van der Waals surface area contributed by atoms with Crippen molar-refractivity contribution < 1.29 is 0 Å². The average Bonchev–Trinajstić information content (AvgIpc) is 1.94. The first-order chi connectivity index (χ1) is 5.11. The summed E-state index contributed by atoms with van der Waals surface area (Å²) in [6.07, 6.45) is 0. The maximum atomic E-state index is 5.75. The van der Waals surface area contributed by atoms with Crippen molar-refractivity contribution in [3.8, 4) is 0 Å². The first kappa shape index (κ1) is 7.92. The molecule has 2 nitrogen and oxygen atoms in total. The Morgan fingerprint density at radius 2 is 1.91 bits per heavy atom. The SMILES string of the molecule is Cc1ccc(N)c(N(C)C)c1. The smallest absolute Gasteiger partial charge is 0.0597 e. The summed E-state index contributed by atoms with van der Waals surface area (Å²) in [5, 5.41) is 0. The van der Waals surface area contributed by atoms with Crippen LogP contribution in [-0.2, 0) is 0 Å². The normalized spacial score (nSPS) is 9.73. The predicted octanol–water partition coefficient (Wildman–Crippen LogP) is 1.64. The second kappa shape index (κ2) is 2.82. The quantitative estimate of drug-likeness (QED) is 0.617. The Morgan fingerprint density at radius 1 is 1.27 bits per heavy atom. The fraction of sp³-hybridized carbons (Fsp3) is 0.333. The van der Waals surface area contributed by atoms with Gasteiger partial charge in [-0.25, -0.2) is 0 Å². The first-order valence-electron chi connectivity index (χ1n) is 3.64. The van der Waals surface area contributed by atoms with Gasteiger partial charge in [-0.2, -0.15) is 0 Å². The van der Waals surface area contributed by atoms with Gasteiger partial charge >= 0.3 is 0 Å². The lowest BCUT2D eigenvalue weighted by atomic mass is 10.2. The van der Waals surface area contributed by atoms with Gasteiger partial charge in [-0.05, 0) is 24.6 Å². The van der Waals surface area contributed by atoms with Crippen LogP contribution in [0.25, 0.3) is 0 Å². The number of nitrogens with zero attached hydrogens (tertiary/aromatic N) is 1. The topological polar surface area (TPSA) is 29.3 Å². The minimum absolute atomic E-state index is 0.834. The number of hydrogen-bond acceptors (Lipinski definition) is 2. The predicted molar refractivity (Wildman–Crippen MR) is 49.9 cm³/mol. The molecule has 0 aliphatic rings. The largest absolute Gasteiger partial charge is 0.397 e. The van der Waals surface area contributed by atoms with Gasteiger partial charge in [-0.3, -0.25) is 0 Å². The molecular formula is C9H14N2. The molecule has 0 aliphatic heterocycles. The Kier molecular flexibility index (Phi) is 2.03. The van der Waals surface area contributed by atoms with Crippen molar-refractivity contribution >= 4 is 11.4 Å². The maximum absolute atomic E-state index is 5.75. The molecule has 0 bridgehead atoms. The van der Waals surface area contributed by atoms with Gasteiger partial charge in [-0.15, -0.1) is 0 Å². The standard InChI is InChI=1S/C9H14N2/c1-7-4-5-8(10)9(6-7)11(2)3/h4-6H,10H2,1-3H3. The summed E-state index contributed by atoms with van der Waals surface area (Å²) in [4.78, 5) is 2.02. The van der Waals surface area contributed by atoms with Crippen LogP contribution < -0.4 is 10.6 Å². The number of benzene rings is 1. The maximum Gasteiger partial charge on any atom is 0.0597 e. The Labute approximate surface area is 67.6 Å². The molecule has 1 aromatic rings. The molecule has 0 aliphatic carbocycles. The van der Waals surface area contributed by atoms with E-state index in [1.54, 1.807) is 0 Å².